The van der Waals surface area contributed by atoms with Crippen LogP contribution < -0.4 is 20.1 Å². The van der Waals surface area contributed by atoms with Crippen LogP contribution in [0.15, 0.2) is 64.1 Å². The van der Waals surface area contributed by atoms with Gasteiger partial charge in [0.25, 0.3) is 0 Å². The topological polar surface area (TPSA) is 85.4 Å². The number of ether oxygens (including phenoxy) is 2. The molecule has 2 heterocycles. The van der Waals surface area contributed by atoms with Crippen molar-refractivity contribution >= 4 is 39.4 Å². The van der Waals surface area contributed by atoms with Crippen molar-refractivity contribution in [3.63, 3.8) is 0 Å². The minimum Gasteiger partial charge on any atom is -0.454 e. The predicted molar refractivity (Wildman–Crippen MR) is 119 cm³/mol. The van der Waals surface area contributed by atoms with Gasteiger partial charge in [-0.2, -0.15) is 0 Å². The molecule has 30 heavy (non-hydrogen) atoms. The molecule has 0 atom stereocenters. The van der Waals surface area contributed by atoms with Crippen LogP contribution in [0.2, 0.25) is 0 Å². The van der Waals surface area contributed by atoms with Gasteiger partial charge in [-0.3, -0.25) is 4.79 Å². The summed E-state index contributed by atoms with van der Waals surface area (Å²) >= 11 is 4.83. The number of aromatic nitrogens is 2. The normalized spacial score (nSPS) is 11.9. The quantitative estimate of drug-likeness (QED) is 0.465. The minimum absolute atomic E-state index is 0.0532. The van der Waals surface area contributed by atoms with Gasteiger partial charge in [-0.15, -0.1) is 10.2 Å². The third kappa shape index (κ3) is 5.43. The third-order valence-corrected chi connectivity index (χ3v) is 6.03. The van der Waals surface area contributed by atoms with E-state index < -0.39 is 0 Å². The molecule has 154 valence electrons. The van der Waals surface area contributed by atoms with E-state index in [1.54, 1.807) is 0 Å². The second-order valence-corrected chi connectivity index (χ2v) is 8.30. The van der Waals surface area contributed by atoms with Crippen molar-refractivity contribution in [2.75, 3.05) is 17.9 Å². The van der Waals surface area contributed by atoms with Crippen molar-refractivity contribution in [3.05, 3.63) is 70.2 Å². The molecule has 0 unspecified atom stereocenters. The SMILES string of the molecule is O=C(CSc1ccc(NCc2ccc3c(c2)OCO3)nn1)NCc1ccccc1Br. The standard InChI is InChI=1S/C21H19BrN4O3S/c22-16-4-2-1-3-15(16)11-24-20(27)12-30-21-8-7-19(25-26-21)23-10-14-5-6-17-18(9-14)29-13-28-17/h1-9H,10-13H2,(H,23,25)(H,24,27). The summed E-state index contributed by atoms with van der Waals surface area (Å²) < 4.78 is 11.7. The molecule has 9 heteroatoms. The Balaban J connectivity index is 1.21. The van der Waals surface area contributed by atoms with Crippen LogP contribution in [0, 0.1) is 0 Å². The summed E-state index contributed by atoms with van der Waals surface area (Å²) in [6.45, 7) is 1.34. The van der Waals surface area contributed by atoms with Crippen LogP contribution in [-0.2, 0) is 17.9 Å². The van der Waals surface area contributed by atoms with Crippen LogP contribution in [0.4, 0.5) is 5.82 Å². The number of fused-ring (bicyclic) bond motifs is 1. The lowest BCUT2D eigenvalue weighted by Crippen LogP contribution is -2.24. The number of nitrogens with one attached hydrogen (secondary N) is 2. The van der Waals surface area contributed by atoms with Gasteiger partial charge in [-0.25, -0.2) is 0 Å². The molecule has 2 aromatic carbocycles. The van der Waals surface area contributed by atoms with Gasteiger partial charge in [0.1, 0.15) is 10.8 Å². The molecule has 0 bridgehead atoms. The summed E-state index contributed by atoms with van der Waals surface area (Å²) in [5, 5.41) is 15.2. The zero-order chi connectivity index (χ0) is 20.8. The van der Waals surface area contributed by atoms with E-state index >= 15 is 0 Å². The number of amides is 1. The van der Waals surface area contributed by atoms with Gasteiger partial charge in [0.05, 0.1) is 5.75 Å². The highest BCUT2D eigenvalue weighted by molar-refractivity contribution is 9.10. The molecule has 0 aliphatic carbocycles. The number of thioether (sulfide) groups is 1. The molecule has 0 saturated carbocycles. The van der Waals surface area contributed by atoms with E-state index in [0.717, 1.165) is 27.1 Å². The molecule has 4 rings (SSSR count). The second-order valence-electron chi connectivity index (χ2n) is 6.45. The average Bonchev–Trinajstić information content (AvgIpc) is 3.24. The van der Waals surface area contributed by atoms with E-state index in [-0.39, 0.29) is 18.5 Å². The maximum atomic E-state index is 12.1. The highest BCUT2D eigenvalue weighted by atomic mass is 79.9. The zero-order valence-corrected chi connectivity index (χ0v) is 18.3. The Labute approximate surface area is 186 Å². The molecule has 1 aromatic heterocycles. The van der Waals surface area contributed by atoms with E-state index in [0.29, 0.717) is 23.9 Å². The first-order valence-corrected chi connectivity index (χ1v) is 11.0. The first-order chi connectivity index (χ1) is 14.7. The van der Waals surface area contributed by atoms with E-state index in [2.05, 4.69) is 36.8 Å². The number of carbonyl (C=O) groups excluding carboxylic acids is 1. The Hall–Kier alpha value is -2.78. The largest absolute Gasteiger partial charge is 0.454 e. The number of benzene rings is 2. The lowest BCUT2D eigenvalue weighted by Gasteiger charge is -2.08. The van der Waals surface area contributed by atoms with Crippen molar-refractivity contribution in [3.8, 4) is 11.5 Å². The average molecular weight is 487 g/mol. The number of nitrogens with zero attached hydrogens (tertiary/aromatic N) is 2. The number of anilines is 1. The van der Waals surface area contributed by atoms with Gasteiger partial charge in [-0.05, 0) is 41.5 Å². The van der Waals surface area contributed by atoms with Crippen molar-refractivity contribution in [1.29, 1.82) is 0 Å². The minimum atomic E-state index is -0.0532. The maximum Gasteiger partial charge on any atom is 0.231 e. The first kappa shape index (κ1) is 20.5. The summed E-state index contributed by atoms with van der Waals surface area (Å²) in [5.41, 5.74) is 2.09. The number of halogens is 1. The Morgan fingerprint density at radius 2 is 1.90 bits per heavy atom. The van der Waals surface area contributed by atoms with E-state index in [1.807, 2.05) is 54.6 Å². The fraction of sp³-hybridized carbons (Fsp3) is 0.190. The lowest BCUT2D eigenvalue weighted by atomic mass is 10.2. The third-order valence-electron chi connectivity index (χ3n) is 4.34. The Bertz CT molecular complexity index is 1030. The summed E-state index contributed by atoms with van der Waals surface area (Å²) in [7, 11) is 0. The lowest BCUT2D eigenvalue weighted by molar-refractivity contribution is -0.118. The molecule has 0 radical (unpaired) electrons. The van der Waals surface area contributed by atoms with Gasteiger partial charge >= 0.3 is 0 Å². The Morgan fingerprint density at radius 1 is 1.03 bits per heavy atom. The number of hydrogen-bond donors (Lipinski definition) is 2. The molecule has 0 spiro atoms. The predicted octanol–water partition coefficient (Wildman–Crippen LogP) is 3.99. The van der Waals surface area contributed by atoms with Gasteiger partial charge in [0, 0.05) is 17.6 Å². The number of rotatable bonds is 8. The highest BCUT2D eigenvalue weighted by Crippen LogP contribution is 2.32. The molecule has 0 fully saturated rings. The molecule has 7 nitrogen and oxygen atoms in total. The van der Waals surface area contributed by atoms with Crippen molar-refractivity contribution < 1.29 is 14.3 Å². The molecule has 1 aliphatic heterocycles. The van der Waals surface area contributed by atoms with E-state index in [4.69, 9.17) is 9.47 Å². The molecular weight excluding hydrogens is 468 g/mol. The van der Waals surface area contributed by atoms with Crippen LogP contribution in [0.3, 0.4) is 0 Å². The Kier molecular flexibility index (Phi) is 6.70. The van der Waals surface area contributed by atoms with Gasteiger partial charge in [-0.1, -0.05) is 52.0 Å². The van der Waals surface area contributed by atoms with Crippen molar-refractivity contribution in [2.24, 2.45) is 0 Å². The summed E-state index contributed by atoms with van der Waals surface area (Å²) in [4.78, 5) is 12.1. The number of hydrogen-bond acceptors (Lipinski definition) is 7. The van der Waals surface area contributed by atoms with Crippen LogP contribution >= 0.6 is 27.7 Å². The first-order valence-electron chi connectivity index (χ1n) is 9.26. The van der Waals surface area contributed by atoms with Crippen LogP contribution in [-0.4, -0.2) is 28.7 Å². The van der Waals surface area contributed by atoms with Crippen LogP contribution in [0.1, 0.15) is 11.1 Å². The molecule has 1 amide bonds. The van der Waals surface area contributed by atoms with Gasteiger partial charge in [0.2, 0.25) is 12.7 Å². The van der Waals surface area contributed by atoms with Crippen LogP contribution in [0.5, 0.6) is 11.5 Å². The van der Waals surface area contributed by atoms with E-state index in [1.165, 1.54) is 11.8 Å². The fourth-order valence-electron chi connectivity index (χ4n) is 2.76. The zero-order valence-electron chi connectivity index (χ0n) is 15.9. The molecule has 0 saturated heterocycles. The Morgan fingerprint density at radius 3 is 2.73 bits per heavy atom. The maximum absolute atomic E-state index is 12.1. The fourth-order valence-corrected chi connectivity index (χ4v) is 3.83. The second kappa shape index (κ2) is 9.82. The molecule has 1 aliphatic rings. The highest BCUT2D eigenvalue weighted by Gasteiger charge is 2.13. The summed E-state index contributed by atoms with van der Waals surface area (Å²) in [6.07, 6.45) is 0. The van der Waals surface area contributed by atoms with Gasteiger partial charge < -0.3 is 20.1 Å². The molecule has 3 aromatic rings. The number of carbonyl (C=O) groups is 1. The van der Waals surface area contributed by atoms with Crippen LogP contribution in [0.25, 0.3) is 0 Å². The summed E-state index contributed by atoms with van der Waals surface area (Å²) in [6, 6.07) is 17.3. The van der Waals surface area contributed by atoms with Gasteiger partial charge in [0.15, 0.2) is 11.5 Å². The summed E-state index contributed by atoms with van der Waals surface area (Å²) in [5.74, 6) is 2.41. The van der Waals surface area contributed by atoms with Crippen molar-refractivity contribution in [2.45, 2.75) is 18.1 Å². The molecule has 2 N–H and O–H groups in total. The monoisotopic (exact) mass is 486 g/mol. The smallest absolute Gasteiger partial charge is 0.231 e. The van der Waals surface area contributed by atoms with Crippen molar-refractivity contribution in [1.82, 2.24) is 15.5 Å². The molecular formula is C21H19BrN4O3S. The van der Waals surface area contributed by atoms with E-state index in [9.17, 15) is 4.79 Å².